The Morgan fingerprint density at radius 2 is 1.50 bits per heavy atom. The summed E-state index contributed by atoms with van der Waals surface area (Å²) < 4.78 is 7.32. The Morgan fingerprint density at radius 3 is 2.19 bits per heavy atom. The van der Waals surface area contributed by atoms with Crippen LogP contribution in [0.2, 0.25) is 0 Å². The summed E-state index contributed by atoms with van der Waals surface area (Å²) in [5.74, 6) is 0.138. The van der Waals surface area contributed by atoms with Crippen LogP contribution in [0.15, 0.2) is 83.5 Å². The van der Waals surface area contributed by atoms with Gasteiger partial charge < -0.3 is 20.4 Å². The van der Waals surface area contributed by atoms with Crippen LogP contribution < -0.4 is 16.0 Å². The minimum Gasteiger partial charge on any atom is -0.443 e. The van der Waals surface area contributed by atoms with Crippen LogP contribution in [-0.2, 0) is 0 Å². The van der Waals surface area contributed by atoms with Crippen molar-refractivity contribution in [3.05, 3.63) is 96.0 Å². The summed E-state index contributed by atoms with van der Waals surface area (Å²) in [4.78, 5) is 25.2. The lowest BCUT2D eigenvalue weighted by atomic mass is 10.1. The number of para-hydroxylation sites is 1. The number of nitriles is 1. The highest BCUT2D eigenvalue weighted by atomic mass is 16.4. The molecule has 32 heavy (non-hydrogen) atoms. The third-order valence-electron chi connectivity index (χ3n) is 4.65. The van der Waals surface area contributed by atoms with Gasteiger partial charge >= 0.3 is 6.03 Å². The van der Waals surface area contributed by atoms with Crippen molar-refractivity contribution >= 4 is 29.0 Å². The first-order valence-electron chi connectivity index (χ1n) is 9.76. The number of nitrogens with zero attached hydrogens (tertiary/aromatic N) is 2. The predicted molar refractivity (Wildman–Crippen MR) is 121 cm³/mol. The van der Waals surface area contributed by atoms with Gasteiger partial charge in [0.15, 0.2) is 0 Å². The van der Waals surface area contributed by atoms with Gasteiger partial charge in [0.05, 0.1) is 0 Å². The fraction of sp³-hybridized carbons (Fsp3) is 0.0417. The molecule has 0 atom stereocenters. The second kappa shape index (κ2) is 8.93. The molecule has 2 aromatic carbocycles. The molecule has 0 fully saturated rings. The van der Waals surface area contributed by atoms with Crippen molar-refractivity contribution in [1.82, 2.24) is 4.57 Å². The van der Waals surface area contributed by atoms with Crippen LogP contribution in [-0.4, -0.2) is 16.5 Å². The number of aromatic nitrogens is 1. The van der Waals surface area contributed by atoms with Crippen LogP contribution in [0.25, 0.3) is 5.88 Å². The molecule has 8 nitrogen and oxygen atoms in total. The van der Waals surface area contributed by atoms with Crippen LogP contribution in [0, 0.1) is 18.3 Å². The van der Waals surface area contributed by atoms with Crippen molar-refractivity contribution in [2.75, 3.05) is 16.0 Å². The van der Waals surface area contributed by atoms with Gasteiger partial charge in [0, 0.05) is 29.5 Å². The molecule has 0 aliphatic carbocycles. The smallest absolute Gasteiger partial charge is 0.323 e. The highest BCUT2D eigenvalue weighted by molar-refractivity contribution is 6.07. The molecule has 0 bridgehead atoms. The van der Waals surface area contributed by atoms with E-state index in [-0.39, 0.29) is 17.0 Å². The number of carbonyl (C=O) groups excluding carboxylic acids is 2. The summed E-state index contributed by atoms with van der Waals surface area (Å²) in [6, 6.07) is 21.0. The first kappa shape index (κ1) is 20.5. The number of hydrogen-bond donors (Lipinski definition) is 3. The van der Waals surface area contributed by atoms with Crippen LogP contribution in [0.4, 0.5) is 21.9 Å². The summed E-state index contributed by atoms with van der Waals surface area (Å²) in [6.45, 7) is 1.63. The van der Waals surface area contributed by atoms with E-state index >= 15 is 0 Å². The van der Waals surface area contributed by atoms with E-state index in [1.54, 1.807) is 72.4 Å². The summed E-state index contributed by atoms with van der Waals surface area (Å²) in [5.41, 5.74) is 1.92. The van der Waals surface area contributed by atoms with Crippen molar-refractivity contribution in [2.45, 2.75) is 6.92 Å². The number of anilines is 3. The average Bonchev–Trinajstić information content (AvgIpc) is 3.42. The maximum Gasteiger partial charge on any atom is 0.323 e. The molecule has 0 aliphatic rings. The van der Waals surface area contributed by atoms with Gasteiger partial charge in [-0.1, -0.05) is 24.3 Å². The SMILES string of the molecule is Cc1oc(-n2cccc2)c(C#N)c1C(=O)Nc1cccc(NC(=O)Nc2ccccc2)c1. The molecule has 2 heterocycles. The van der Waals surface area contributed by atoms with Crippen LogP contribution in [0.5, 0.6) is 0 Å². The van der Waals surface area contributed by atoms with E-state index in [2.05, 4.69) is 22.0 Å². The first-order chi connectivity index (χ1) is 15.5. The molecule has 3 N–H and O–H groups in total. The standard InChI is InChI=1S/C24H19N5O3/c1-16-21(20(15-25)23(32-16)29-12-5-6-13-29)22(30)26-18-10-7-11-19(14-18)28-24(31)27-17-8-3-2-4-9-17/h2-14H,1H3,(H,26,30)(H2,27,28,31). The largest absolute Gasteiger partial charge is 0.443 e. The van der Waals surface area contributed by atoms with Crippen molar-refractivity contribution in [3.63, 3.8) is 0 Å². The fourth-order valence-corrected chi connectivity index (χ4v) is 3.24. The monoisotopic (exact) mass is 425 g/mol. The number of hydrogen-bond acceptors (Lipinski definition) is 4. The van der Waals surface area contributed by atoms with Gasteiger partial charge in [-0.05, 0) is 49.4 Å². The van der Waals surface area contributed by atoms with E-state index in [0.717, 1.165) is 0 Å². The highest BCUT2D eigenvalue weighted by Crippen LogP contribution is 2.26. The third-order valence-corrected chi connectivity index (χ3v) is 4.65. The van der Waals surface area contributed by atoms with E-state index in [1.165, 1.54) is 0 Å². The van der Waals surface area contributed by atoms with E-state index in [1.807, 2.05) is 18.2 Å². The minimum atomic E-state index is -0.480. The van der Waals surface area contributed by atoms with Crippen molar-refractivity contribution in [1.29, 1.82) is 5.26 Å². The Balaban J connectivity index is 1.50. The summed E-state index contributed by atoms with van der Waals surface area (Å²) in [7, 11) is 0. The summed E-state index contributed by atoms with van der Waals surface area (Å²) >= 11 is 0. The lowest BCUT2D eigenvalue weighted by molar-refractivity contribution is 0.102. The molecule has 0 spiro atoms. The van der Waals surface area contributed by atoms with Gasteiger partial charge in [-0.25, -0.2) is 4.79 Å². The summed E-state index contributed by atoms with van der Waals surface area (Å²) in [5, 5.41) is 17.8. The summed E-state index contributed by atoms with van der Waals surface area (Å²) in [6.07, 6.45) is 3.47. The Bertz CT molecular complexity index is 1300. The van der Waals surface area contributed by atoms with Gasteiger partial charge in [0.2, 0.25) is 5.88 Å². The van der Waals surface area contributed by atoms with E-state index in [9.17, 15) is 14.9 Å². The predicted octanol–water partition coefficient (Wildman–Crippen LogP) is 5.15. The van der Waals surface area contributed by atoms with Gasteiger partial charge in [-0.3, -0.25) is 9.36 Å². The second-order valence-electron chi connectivity index (χ2n) is 6.90. The number of carbonyl (C=O) groups is 2. The quantitative estimate of drug-likeness (QED) is 0.411. The maximum absolute atomic E-state index is 12.9. The van der Waals surface area contributed by atoms with Crippen molar-refractivity contribution in [2.24, 2.45) is 0 Å². The Hall–Kier alpha value is -4.77. The minimum absolute atomic E-state index is 0.146. The third kappa shape index (κ3) is 4.37. The van der Waals surface area contributed by atoms with Gasteiger partial charge in [-0.2, -0.15) is 5.26 Å². The normalized spacial score (nSPS) is 10.2. The molecule has 8 heteroatoms. The van der Waals surface area contributed by atoms with Crippen LogP contribution >= 0.6 is 0 Å². The average molecular weight is 425 g/mol. The molecule has 2 aromatic heterocycles. The van der Waals surface area contributed by atoms with E-state index < -0.39 is 11.9 Å². The molecule has 158 valence electrons. The lowest BCUT2D eigenvalue weighted by Crippen LogP contribution is -2.19. The number of nitrogens with one attached hydrogen (secondary N) is 3. The van der Waals surface area contributed by atoms with Crippen molar-refractivity contribution < 1.29 is 14.0 Å². The molecule has 0 unspecified atom stereocenters. The molecule has 4 aromatic rings. The maximum atomic E-state index is 12.9. The molecular weight excluding hydrogens is 406 g/mol. The van der Waals surface area contributed by atoms with Gasteiger partial charge in [0.1, 0.15) is 23.0 Å². The van der Waals surface area contributed by atoms with Crippen LogP contribution in [0.3, 0.4) is 0 Å². The zero-order chi connectivity index (χ0) is 22.5. The second-order valence-corrected chi connectivity index (χ2v) is 6.90. The number of furan rings is 1. The molecular formula is C24H19N5O3. The molecule has 4 rings (SSSR count). The van der Waals surface area contributed by atoms with E-state index in [0.29, 0.717) is 22.8 Å². The number of benzene rings is 2. The van der Waals surface area contributed by atoms with Gasteiger partial charge in [0.25, 0.3) is 5.91 Å². The van der Waals surface area contributed by atoms with E-state index in [4.69, 9.17) is 4.42 Å². The molecule has 0 aliphatic heterocycles. The molecule has 3 amide bonds. The fourth-order valence-electron chi connectivity index (χ4n) is 3.24. The Morgan fingerprint density at radius 1 is 0.875 bits per heavy atom. The van der Waals surface area contributed by atoms with Gasteiger partial charge in [-0.15, -0.1) is 0 Å². The zero-order valence-corrected chi connectivity index (χ0v) is 17.1. The van der Waals surface area contributed by atoms with Crippen molar-refractivity contribution in [3.8, 4) is 12.0 Å². The first-order valence-corrected chi connectivity index (χ1v) is 9.76. The Kier molecular flexibility index (Phi) is 5.72. The molecule has 0 saturated carbocycles. The molecule has 0 radical (unpaired) electrons. The van der Waals surface area contributed by atoms with Crippen LogP contribution in [0.1, 0.15) is 21.7 Å². The molecule has 0 saturated heterocycles. The zero-order valence-electron chi connectivity index (χ0n) is 17.1. The highest BCUT2D eigenvalue weighted by Gasteiger charge is 2.24. The number of rotatable bonds is 5. The Labute approximate surface area is 184 Å². The topological polar surface area (TPSA) is 112 Å². The number of amides is 3. The lowest BCUT2D eigenvalue weighted by Gasteiger charge is -2.10. The number of aryl methyl sites for hydroxylation is 1. The number of urea groups is 1.